The van der Waals surface area contributed by atoms with Crippen LogP contribution in [0.3, 0.4) is 0 Å². The van der Waals surface area contributed by atoms with E-state index < -0.39 is 0 Å². The zero-order valence-electron chi connectivity index (χ0n) is 17.3. The largest absolute Gasteiger partial charge is 0.497 e. The average molecular weight is 406 g/mol. The van der Waals surface area contributed by atoms with Gasteiger partial charge in [-0.1, -0.05) is 24.3 Å². The Hall–Kier alpha value is -3.32. The van der Waals surface area contributed by atoms with Gasteiger partial charge in [-0.15, -0.1) is 0 Å². The molecular weight excluding hydrogens is 380 g/mol. The minimum atomic E-state index is -0.0677. The van der Waals surface area contributed by atoms with Gasteiger partial charge in [-0.05, 0) is 12.1 Å². The highest BCUT2D eigenvalue weighted by Gasteiger charge is 2.21. The number of methoxy groups -OCH3 is 2. The van der Waals surface area contributed by atoms with E-state index in [9.17, 15) is 4.79 Å². The zero-order valence-corrected chi connectivity index (χ0v) is 17.3. The summed E-state index contributed by atoms with van der Waals surface area (Å²) in [6.07, 6.45) is 3.83. The minimum Gasteiger partial charge on any atom is -0.497 e. The van der Waals surface area contributed by atoms with Crippen LogP contribution in [-0.4, -0.2) is 62.7 Å². The summed E-state index contributed by atoms with van der Waals surface area (Å²) >= 11 is 0. The molecule has 156 valence electrons. The molecule has 0 unspecified atom stereocenters. The van der Waals surface area contributed by atoms with Gasteiger partial charge in [-0.25, -0.2) is 0 Å². The Labute approximate surface area is 176 Å². The molecule has 2 aromatic carbocycles. The molecule has 0 radical (unpaired) electrons. The van der Waals surface area contributed by atoms with E-state index in [1.54, 1.807) is 32.4 Å². The number of fused-ring (bicyclic) bond motifs is 1. The zero-order chi connectivity index (χ0) is 20.9. The van der Waals surface area contributed by atoms with Crippen molar-refractivity contribution < 1.29 is 14.3 Å². The van der Waals surface area contributed by atoms with Gasteiger partial charge in [0.2, 0.25) is 5.91 Å². The first-order chi connectivity index (χ1) is 14.7. The van der Waals surface area contributed by atoms with Crippen molar-refractivity contribution in [3.8, 4) is 11.5 Å². The summed E-state index contributed by atoms with van der Waals surface area (Å²) in [6.45, 7) is 3.66. The Morgan fingerprint density at radius 3 is 2.60 bits per heavy atom. The first-order valence-electron chi connectivity index (χ1n) is 10.00. The number of nitrogens with zero attached hydrogens (tertiary/aromatic N) is 3. The van der Waals surface area contributed by atoms with Crippen LogP contribution in [0.25, 0.3) is 10.8 Å². The minimum absolute atomic E-state index is 0.0677. The third-order valence-corrected chi connectivity index (χ3v) is 5.41. The number of anilines is 2. The molecule has 0 spiro atoms. The topological polar surface area (TPSA) is 66.9 Å². The van der Waals surface area contributed by atoms with Gasteiger partial charge in [0, 0.05) is 49.2 Å². The normalized spacial score (nSPS) is 14.5. The van der Waals surface area contributed by atoms with Gasteiger partial charge in [0.05, 0.1) is 38.3 Å². The van der Waals surface area contributed by atoms with Crippen LogP contribution in [0.2, 0.25) is 0 Å². The molecule has 1 aromatic heterocycles. The van der Waals surface area contributed by atoms with E-state index in [0.717, 1.165) is 37.3 Å². The number of rotatable bonds is 6. The second-order valence-electron chi connectivity index (χ2n) is 7.26. The van der Waals surface area contributed by atoms with Crippen molar-refractivity contribution in [2.75, 3.05) is 57.2 Å². The lowest BCUT2D eigenvalue weighted by molar-refractivity contribution is -0.117. The predicted molar refractivity (Wildman–Crippen MR) is 119 cm³/mol. The molecule has 3 aromatic rings. The number of ether oxygens (including phenoxy) is 2. The molecule has 0 bridgehead atoms. The fourth-order valence-electron chi connectivity index (χ4n) is 3.80. The number of hydrogen-bond acceptors (Lipinski definition) is 6. The predicted octanol–water partition coefficient (Wildman–Crippen LogP) is 3.01. The van der Waals surface area contributed by atoms with E-state index in [4.69, 9.17) is 9.47 Å². The van der Waals surface area contributed by atoms with Crippen molar-refractivity contribution in [3.05, 3.63) is 54.9 Å². The van der Waals surface area contributed by atoms with Crippen molar-refractivity contribution in [1.82, 2.24) is 9.88 Å². The maximum absolute atomic E-state index is 12.6. The highest BCUT2D eigenvalue weighted by molar-refractivity contribution is 5.94. The van der Waals surface area contributed by atoms with Crippen molar-refractivity contribution in [3.63, 3.8) is 0 Å². The second kappa shape index (κ2) is 9.00. The Balaban J connectivity index is 1.36. The van der Waals surface area contributed by atoms with Crippen molar-refractivity contribution in [2.24, 2.45) is 0 Å². The molecule has 1 N–H and O–H groups in total. The van der Waals surface area contributed by atoms with Gasteiger partial charge in [0.1, 0.15) is 11.5 Å². The van der Waals surface area contributed by atoms with E-state index in [1.165, 1.54) is 5.39 Å². The SMILES string of the molecule is COc1ccc(OC)c(NC(=O)CN2CCN(c3cncc4ccccc34)CC2)c1. The third kappa shape index (κ3) is 4.31. The molecule has 0 atom stereocenters. The summed E-state index contributed by atoms with van der Waals surface area (Å²) in [5.74, 6) is 1.21. The van der Waals surface area contributed by atoms with E-state index in [0.29, 0.717) is 23.7 Å². The van der Waals surface area contributed by atoms with E-state index >= 15 is 0 Å². The van der Waals surface area contributed by atoms with Gasteiger partial charge < -0.3 is 19.7 Å². The van der Waals surface area contributed by atoms with E-state index in [1.807, 2.05) is 18.5 Å². The second-order valence-corrected chi connectivity index (χ2v) is 7.26. The standard InChI is InChI=1S/C23H26N4O3/c1-29-18-7-8-22(30-2)20(13-18)25-23(28)16-26-9-11-27(12-10-26)21-15-24-14-17-5-3-4-6-19(17)21/h3-8,13-15H,9-12,16H2,1-2H3,(H,25,28). The lowest BCUT2D eigenvalue weighted by atomic mass is 10.1. The number of aromatic nitrogens is 1. The van der Waals surface area contributed by atoms with Crippen molar-refractivity contribution in [1.29, 1.82) is 0 Å². The summed E-state index contributed by atoms with van der Waals surface area (Å²) in [7, 11) is 3.18. The maximum Gasteiger partial charge on any atom is 0.238 e. The molecule has 1 saturated heterocycles. The Morgan fingerprint density at radius 2 is 1.83 bits per heavy atom. The van der Waals surface area contributed by atoms with Crippen LogP contribution >= 0.6 is 0 Å². The van der Waals surface area contributed by atoms with Crippen LogP contribution in [0.1, 0.15) is 0 Å². The third-order valence-electron chi connectivity index (χ3n) is 5.41. The molecule has 1 amide bonds. The summed E-state index contributed by atoms with van der Waals surface area (Å²) in [5.41, 5.74) is 1.76. The smallest absolute Gasteiger partial charge is 0.238 e. The summed E-state index contributed by atoms with van der Waals surface area (Å²) in [6, 6.07) is 13.7. The molecule has 1 aliphatic rings. The van der Waals surface area contributed by atoms with Crippen LogP contribution in [0.5, 0.6) is 11.5 Å². The fraction of sp³-hybridized carbons (Fsp3) is 0.304. The Morgan fingerprint density at radius 1 is 1.03 bits per heavy atom. The van der Waals surface area contributed by atoms with Gasteiger partial charge in [0.15, 0.2) is 0 Å². The number of piperazine rings is 1. The molecule has 1 aliphatic heterocycles. The van der Waals surface area contributed by atoms with E-state index in [2.05, 4.69) is 38.3 Å². The lowest BCUT2D eigenvalue weighted by Gasteiger charge is -2.36. The molecule has 2 heterocycles. The van der Waals surface area contributed by atoms with Gasteiger partial charge in [0.25, 0.3) is 0 Å². The molecule has 0 aliphatic carbocycles. The Bertz CT molecular complexity index is 1030. The number of pyridine rings is 1. The highest BCUT2D eigenvalue weighted by atomic mass is 16.5. The molecule has 7 heteroatoms. The summed E-state index contributed by atoms with van der Waals surface area (Å²) in [4.78, 5) is 21.5. The van der Waals surface area contributed by atoms with Crippen molar-refractivity contribution >= 4 is 28.1 Å². The monoisotopic (exact) mass is 406 g/mol. The van der Waals surface area contributed by atoms with Gasteiger partial charge >= 0.3 is 0 Å². The molecule has 30 heavy (non-hydrogen) atoms. The van der Waals surface area contributed by atoms with E-state index in [-0.39, 0.29) is 5.91 Å². The number of amides is 1. The lowest BCUT2D eigenvalue weighted by Crippen LogP contribution is -2.48. The number of hydrogen-bond donors (Lipinski definition) is 1. The highest BCUT2D eigenvalue weighted by Crippen LogP contribution is 2.29. The van der Waals surface area contributed by atoms with Crippen molar-refractivity contribution in [2.45, 2.75) is 0 Å². The quantitative estimate of drug-likeness (QED) is 0.679. The molecular formula is C23H26N4O3. The number of benzene rings is 2. The summed E-state index contributed by atoms with van der Waals surface area (Å²) in [5, 5.41) is 5.30. The average Bonchev–Trinajstić information content (AvgIpc) is 2.79. The number of nitrogens with one attached hydrogen (secondary N) is 1. The molecule has 1 fully saturated rings. The molecule has 7 nitrogen and oxygen atoms in total. The molecule has 4 rings (SSSR count). The molecule has 0 saturated carbocycles. The Kier molecular flexibility index (Phi) is 5.99. The first kappa shape index (κ1) is 20.0. The van der Waals surface area contributed by atoms with Gasteiger partial charge in [-0.3, -0.25) is 14.7 Å². The first-order valence-corrected chi connectivity index (χ1v) is 10.00. The number of carbonyl (C=O) groups excluding carboxylic acids is 1. The number of carbonyl (C=O) groups is 1. The fourth-order valence-corrected chi connectivity index (χ4v) is 3.80. The van der Waals surface area contributed by atoms with Gasteiger partial charge in [-0.2, -0.15) is 0 Å². The maximum atomic E-state index is 12.6. The van der Waals surface area contributed by atoms with Crippen LogP contribution in [-0.2, 0) is 4.79 Å². The van der Waals surface area contributed by atoms with Crippen LogP contribution < -0.4 is 19.7 Å². The van der Waals surface area contributed by atoms with Crippen LogP contribution in [0.15, 0.2) is 54.9 Å². The summed E-state index contributed by atoms with van der Waals surface area (Å²) < 4.78 is 10.6. The van der Waals surface area contributed by atoms with Crippen LogP contribution in [0, 0.1) is 0 Å². The van der Waals surface area contributed by atoms with Crippen LogP contribution in [0.4, 0.5) is 11.4 Å².